The van der Waals surface area contributed by atoms with E-state index in [0.717, 1.165) is 40.7 Å². The predicted molar refractivity (Wildman–Crippen MR) is 127 cm³/mol. The summed E-state index contributed by atoms with van der Waals surface area (Å²) >= 11 is 0. The lowest BCUT2D eigenvalue weighted by Crippen LogP contribution is -2.40. The molecule has 2 aliphatic rings. The van der Waals surface area contributed by atoms with Crippen molar-refractivity contribution < 1.29 is 14.0 Å². The highest BCUT2D eigenvalue weighted by molar-refractivity contribution is 6.00. The van der Waals surface area contributed by atoms with Gasteiger partial charge in [-0.1, -0.05) is 30.3 Å². The van der Waals surface area contributed by atoms with Crippen molar-refractivity contribution >= 4 is 28.4 Å². The van der Waals surface area contributed by atoms with Gasteiger partial charge in [0.2, 0.25) is 11.8 Å². The number of hydrogen-bond acceptors (Lipinski definition) is 3. The summed E-state index contributed by atoms with van der Waals surface area (Å²) in [4.78, 5) is 27.6. The highest BCUT2D eigenvalue weighted by Crippen LogP contribution is 2.39. The van der Waals surface area contributed by atoms with Crippen LogP contribution in [-0.2, 0) is 9.59 Å². The maximum Gasteiger partial charge on any atom is 0.229 e. The molecule has 4 aromatic rings. The molecule has 2 fully saturated rings. The summed E-state index contributed by atoms with van der Waals surface area (Å²) in [6.07, 6.45) is 3.83. The second-order valence-corrected chi connectivity index (χ2v) is 8.99. The maximum absolute atomic E-state index is 13.3. The number of carbonyl (C=O) groups is 2. The van der Waals surface area contributed by atoms with Crippen molar-refractivity contribution in [1.29, 1.82) is 0 Å². The first-order valence-electron chi connectivity index (χ1n) is 11.5. The van der Waals surface area contributed by atoms with E-state index in [2.05, 4.69) is 10.4 Å². The molecule has 1 aromatic heterocycles. The Bertz CT molecular complexity index is 1380. The molecule has 2 heterocycles. The van der Waals surface area contributed by atoms with Gasteiger partial charge in [0.15, 0.2) is 0 Å². The summed E-state index contributed by atoms with van der Waals surface area (Å²) in [5.41, 5.74) is 3.35. The number of amides is 2. The first-order chi connectivity index (χ1) is 16.6. The molecule has 34 heavy (non-hydrogen) atoms. The molecule has 2 amide bonds. The number of nitrogens with one attached hydrogen (secondary N) is 1. The molecule has 170 valence electrons. The highest BCUT2D eigenvalue weighted by Gasteiger charge is 2.44. The van der Waals surface area contributed by atoms with E-state index in [1.165, 1.54) is 12.1 Å². The largest absolute Gasteiger partial charge is 0.350 e. The summed E-state index contributed by atoms with van der Waals surface area (Å²) < 4.78 is 15.1. The van der Waals surface area contributed by atoms with Crippen LogP contribution in [0.1, 0.15) is 30.9 Å². The quantitative estimate of drug-likeness (QED) is 0.482. The van der Waals surface area contributed by atoms with E-state index in [0.29, 0.717) is 0 Å². The number of aromatic nitrogens is 2. The Morgan fingerprint density at radius 2 is 1.71 bits per heavy atom. The average Bonchev–Trinajstić information content (AvgIpc) is 3.55. The molecule has 0 radical (unpaired) electrons. The van der Waals surface area contributed by atoms with Gasteiger partial charge in [0.1, 0.15) is 5.82 Å². The fourth-order valence-electron chi connectivity index (χ4n) is 4.80. The minimum absolute atomic E-state index is 0.0276. The molecule has 1 saturated carbocycles. The Morgan fingerprint density at radius 3 is 2.44 bits per heavy atom. The van der Waals surface area contributed by atoms with Gasteiger partial charge in [-0.15, -0.1) is 0 Å². The number of hydrogen-bond donors (Lipinski definition) is 1. The van der Waals surface area contributed by atoms with Crippen molar-refractivity contribution in [2.45, 2.75) is 31.3 Å². The lowest BCUT2D eigenvalue weighted by Gasteiger charge is -2.29. The fourth-order valence-corrected chi connectivity index (χ4v) is 4.80. The van der Waals surface area contributed by atoms with Crippen molar-refractivity contribution in [1.82, 2.24) is 15.1 Å². The molecular weight excluding hydrogens is 431 g/mol. The molecule has 1 saturated heterocycles. The van der Waals surface area contributed by atoms with Gasteiger partial charge in [-0.3, -0.25) is 9.59 Å². The summed E-state index contributed by atoms with van der Waals surface area (Å²) in [6.45, 7) is 0. The molecule has 0 unspecified atom stereocenters. The van der Waals surface area contributed by atoms with Gasteiger partial charge in [0, 0.05) is 23.4 Å². The Kier molecular flexibility index (Phi) is 4.90. The first-order valence-corrected chi connectivity index (χ1v) is 11.5. The molecule has 3 aromatic carbocycles. The lowest BCUT2D eigenvalue weighted by molar-refractivity contribution is -0.123. The van der Waals surface area contributed by atoms with Crippen LogP contribution in [0.2, 0.25) is 0 Å². The van der Waals surface area contributed by atoms with Crippen LogP contribution in [0, 0.1) is 11.7 Å². The third-order valence-electron chi connectivity index (χ3n) is 6.64. The number of halogens is 1. The molecule has 1 N–H and O–H groups in total. The topological polar surface area (TPSA) is 67.2 Å². The molecule has 6 rings (SSSR count). The lowest BCUT2D eigenvalue weighted by atomic mass is 9.99. The number of benzene rings is 3. The molecule has 0 bridgehead atoms. The van der Waals surface area contributed by atoms with Crippen molar-refractivity contribution in [2.24, 2.45) is 5.92 Å². The average molecular weight is 455 g/mol. The van der Waals surface area contributed by atoms with Gasteiger partial charge in [-0.2, -0.15) is 5.10 Å². The minimum Gasteiger partial charge on any atom is -0.350 e. The molecular formula is C27H23FN4O2. The fraction of sp³-hybridized carbons (Fsp3) is 0.222. The highest BCUT2D eigenvalue weighted by atomic mass is 19.1. The van der Waals surface area contributed by atoms with E-state index in [9.17, 15) is 14.0 Å². The number of nitrogens with zero attached hydrogens (tertiary/aromatic N) is 3. The SMILES string of the molecule is O=C(N[C@@H]1CC(=O)N(c2ccc3c(cnn3-c3ccc(F)cc3)c2)[C@H]1c1ccccc1)C1CC1. The van der Waals surface area contributed by atoms with E-state index in [1.54, 1.807) is 27.9 Å². The number of rotatable bonds is 5. The predicted octanol–water partition coefficient (Wildman–Crippen LogP) is 4.54. The standard InChI is InChI=1S/C27H23FN4O2/c28-20-8-10-21(11-9-20)32-24-13-12-22(14-19(24)16-29-32)31-25(33)15-23(30-27(34)18-6-7-18)26(31)17-4-2-1-3-5-17/h1-5,8-14,16,18,23,26H,6-7,15H2,(H,30,34)/t23-,26+/m1/s1. The summed E-state index contributed by atoms with van der Waals surface area (Å²) in [5.74, 6) is -0.212. The Hall–Kier alpha value is -4.00. The van der Waals surface area contributed by atoms with E-state index in [1.807, 2.05) is 48.5 Å². The zero-order chi connectivity index (χ0) is 23.2. The number of fused-ring (bicyclic) bond motifs is 1. The van der Waals surface area contributed by atoms with Crippen LogP contribution in [0.25, 0.3) is 16.6 Å². The molecule has 6 nitrogen and oxygen atoms in total. The monoisotopic (exact) mass is 454 g/mol. The molecule has 2 atom stereocenters. The van der Waals surface area contributed by atoms with Crippen LogP contribution >= 0.6 is 0 Å². The Balaban J connectivity index is 1.37. The van der Waals surface area contributed by atoms with Gasteiger partial charge < -0.3 is 10.2 Å². The van der Waals surface area contributed by atoms with Crippen molar-refractivity contribution in [2.75, 3.05) is 4.90 Å². The zero-order valence-corrected chi connectivity index (χ0v) is 18.4. The second kappa shape index (κ2) is 8.09. The van der Waals surface area contributed by atoms with Gasteiger partial charge in [-0.25, -0.2) is 9.07 Å². The molecule has 1 aliphatic carbocycles. The zero-order valence-electron chi connectivity index (χ0n) is 18.4. The van der Waals surface area contributed by atoms with Gasteiger partial charge in [0.25, 0.3) is 0 Å². The van der Waals surface area contributed by atoms with Crippen LogP contribution < -0.4 is 10.2 Å². The first kappa shape index (κ1) is 20.6. The molecule has 7 heteroatoms. The van der Waals surface area contributed by atoms with Gasteiger partial charge in [0.05, 0.1) is 29.5 Å². The third kappa shape index (κ3) is 3.63. The smallest absolute Gasteiger partial charge is 0.229 e. The van der Waals surface area contributed by atoms with E-state index in [-0.39, 0.29) is 42.1 Å². The van der Waals surface area contributed by atoms with Crippen LogP contribution in [0.4, 0.5) is 10.1 Å². The Labute approximate surface area is 196 Å². The van der Waals surface area contributed by atoms with E-state index >= 15 is 0 Å². The van der Waals surface area contributed by atoms with Crippen LogP contribution in [0.5, 0.6) is 0 Å². The summed E-state index contributed by atoms with van der Waals surface area (Å²) in [7, 11) is 0. The normalized spacial score (nSPS) is 20.1. The van der Waals surface area contributed by atoms with E-state index < -0.39 is 0 Å². The summed E-state index contributed by atoms with van der Waals surface area (Å²) in [5, 5.41) is 8.48. The Morgan fingerprint density at radius 1 is 0.971 bits per heavy atom. The number of anilines is 1. The van der Waals surface area contributed by atoms with Crippen molar-refractivity contribution in [3.8, 4) is 5.69 Å². The van der Waals surface area contributed by atoms with Gasteiger partial charge in [-0.05, 0) is 60.9 Å². The van der Waals surface area contributed by atoms with Crippen LogP contribution in [0.15, 0.2) is 79.0 Å². The van der Waals surface area contributed by atoms with Crippen molar-refractivity contribution in [3.05, 3.63) is 90.4 Å². The second-order valence-electron chi connectivity index (χ2n) is 8.99. The minimum atomic E-state index is -0.301. The van der Waals surface area contributed by atoms with Gasteiger partial charge >= 0.3 is 0 Å². The number of carbonyl (C=O) groups excluding carboxylic acids is 2. The third-order valence-corrected chi connectivity index (χ3v) is 6.64. The summed E-state index contributed by atoms with van der Waals surface area (Å²) in [6, 6.07) is 21.2. The van der Waals surface area contributed by atoms with Crippen molar-refractivity contribution in [3.63, 3.8) is 0 Å². The van der Waals surface area contributed by atoms with Crippen LogP contribution in [-0.4, -0.2) is 27.6 Å². The maximum atomic E-state index is 13.3. The van der Waals surface area contributed by atoms with E-state index in [4.69, 9.17) is 0 Å². The van der Waals surface area contributed by atoms with Crippen LogP contribution in [0.3, 0.4) is 0 Å². The molecule has 0 spiro atoms. The molecule has 1 aliphatic heterocycles.